The molecule has 1 aliphatic heterocycles. The fourth-order valence-electron chi connectivity index (χ4n) is 4.65. The Labute approximate surface area is 261 Å². The molecular formula is C30H24F9NO6S. The van der Waals surface area contributed by atoms with E-state index in [-0.39, 0.29) is 23.0 Å². The molecule has 0 N–H and O–H groups in total. The molecular weight excluding hydrogens is 673 g/mol. The third-order valence-electron chi connectivity index (χ3n) is 7.13. The number of carbonyl (C=O) groups is 2. The average Bonchev–Trinajstić information content (AvgIpc) is 2.94. The van der Waals surface area contributed by atoms with Gasteiger partial charge in [0.15, 0.2) is 5.78 Å². The molecule has 47 heavy (non-hydrogen) atoms. The fourth-order valence-corrected chi connectivity index (χ4v) is 5.55. The van der Waals surface area contributed by atoms with E-state index in [1.54, 1.807) is 12.1 Å². The Hall–Kier alpha value is -4.28. The first-order valence-electron chi connectivity index (χ1n) is 13.3. The lowest BCUT2D eigenvalue weighted by molar-refractivity contribution is -0.382. The molecule has 0 spiro atoms. The number of carbonyl (C=O) groups excluding carboxylic acids is 2. The molecule has 7 nitrogen and oxygen atoms in total. The van der Waals surface area contributed by atoms with Gasteiger partial charge in [-0.2, -0.15) is 47.9 Å². The third kappa shape index (κ3) is 6.12. The van der Waals surface area contributed by atoms with Crippen LogP contribution in [0.3, 0.4) is 0 Å². The molecule has 0 unspecified atom stereocenters. The number of amides is 1. The molecule has 17 heteroatoms. The first kappa shape index (κ1) is 35.6. The van der Waals surface area contributed by atoms with Gasteiger partial charge >= 0.3 is 33.4 Å². The van der Waals surface area contributed by atoms with E-state index in [1.165, 1.54) is 42.5 Å². The van der Waals surface area contributed by atoms with Crippen LogP contribution < -0.4 is 13.8 Å². The predicted molar refractivity (Wildman–Crippen MR) is 151 cm³/mol. The molecule has 0 radical (unpaired) electrons. The van der Waals surface area contributed by atoms with Gasteiger partial charge in [-0.15, -0.1) is 0 Å². The van der Waals surface area contributed by atoms with Crippen molar-refractivity contribution in [2.45, 2.75) is 55.9 Å². The molecule has 0 atom stereocenters. The van der Waals surface area contributed by atoms with Crippen molar-refractivity contribution in [3.63, 3.8) is 0 Å². The molecule has 0 aliphatic carbocycles. The van der Waals surface area contributed by atoms with Gasteiger partial charge in [0.05, 0.1) is 13.5 Å². The maximum atomic E-state index is 14.1. The monoisotopic (exact) mass is 697 g/mol. The summed E-state index contributed by atoms with van der Waals surface area (Å²) in [5, 5.41) is -6.68. The molecule has 1 amide bonds. The lowest BCUT2D eigenvalue weighted by Gasteiger charge is -2.32. The van der Waals surface area contributed by atoms with E-state index in [9.17, 15) is 57.5 Å². The van der Waals surface area contributed by atoms with E-state index in [0.717, 1.165) is 12.1 Å². The topological polar surface area (TPSA) is 90.0 Å². The number of ketones is 1. The van der Waals surface area contributed by atoms with E-state index >= 15 is 0 Å². The second-order valence-corrected chi connectivity index (χ2v) is 13.1. The van der Waals surface area contributed by atoms with Gasteiger partial charge in [0, 0.05) is 23.0 Å². The highest BCUT2D eigenvalue weighted by Gasteiger charge is 2.86. The SMILES string of the molecule is COc1c(-c2ccc3cc(OS(=O)(=O)C(F)(F)C(F)(F)C(F)(F)C(F)(F)F)ccc3c2)cc(N2C=CC(=O)CC2=O)cc1C(C)(C)C. The maximum absolute atomic E-state index is 14.1. The Bertz CT molecular complexity index is 1900. The number of alkyl halides is 9. The first-order valence-corrected chi connectivity index (χ1v) is 14.7. The van der Waals surface area contributed by atoms with Crippen LogP contribution in [0, 0.1) is 0 Å². The standard InChI is InChI=1S/C30H24F9NO6S/c1-26(2,3)23-14-19(40-10-9-20(41)15-24(40)42)13-22(25(23)45-4)18-6-5-17-12-21(8-7-16(17)11-18)46-47(43,44)30(38,39)28(33,34)27(31,32)29(35,36)37/h5-14H,15H2,1-4H3. The van der Waals surface area contributed by atoms with E-state index in [2.05, 4.69) is 4.18 Å². The number of hydrogen-bond donors (Lipinski definition) is 0. The van der Waals surface area contributed by atoms with Crippen molar-refractivity contribution in [3.05, 3.63) is 66.4 Å². The first-order chi connectivity index (χ1) is 21.4. The van der Waals surface area contributed by atoms with Crippen LogP contribution in [0.1, 0.15) is 32.8 Å². The minimum Gasteiger partial charge on any atom is -0.496 e. The molecule has 4 rings (SSSR count). The number of hydrogen-bond acceptors (Lipinski definition) is 6. The van der Waals surface area contributed by atoms with Gasteiger partial charge < -0.3 is 8.92 Å². The summed E-state index contributed by atoms with van der Waals surface area (Å²) in [6, 6.07) is 10.2. The number of allylic oxidation sites excluding steroid dienone is 1. The Morgan fingerprint density at radius 1 is 0.787 bits per heavy atom. The third-order valence-corrected chi connectivity index (χ3v) is 8.42. The molecule has 3 aromatic rings. The van der Waals surface area contributed by atoms with Crippen molar-refractivity contribution >= 4 is 38.3 Å². The van der Waals surface area contributed by atoms with Crippen molar-refractivity contribution < 1.29 is 66.4 Å². The van der Waals surface area contributed by atoms with E-state index in [4.69, 9.17) is 4.74 Å². The minimum absolute atomic E-state index is 0.0518. The molecule has 1 heterocycles. The molecule has 0 saturated carbocycles. The van der Waals surface area contributed by atoms with Crippen LogP contribution in [-0.4, -0.2) is 50.5 Å². The van der Waals surface area contributed by atoms with Crippen LogP contribution in [0.15, 0.2) is 60.8 Å². The van der Waals surface area contributed by atoms with Crippen LogP contribution >= 0.6 is 0 Å². The Balaban J connectivity index is 1.77. The van der Waals surface area contributed by atoms with Crippen LogP contribution in [-0.2, 0) is 25.1 Å². The number of rotatable bonds is 8. The quantitative estimate of drug-likeness (QED) is 0.136. The Morgan fingerprint density at radius 2 is 1.38 bits per heavy atom. The second kappa shape index (κ2) is 11.5. The van der Waals surface area contributed by atoms with Crippen molar-refractivity contribution in [1.29, 1.82) is 0 Å². The number of methoxy groups -OCH3 is 1. The lowest BCUT2D eigenvalue weighted by atomic mass is 9.83. The molecule has 0 aromatic heterocycles. The summed E-state index contributed by atoms with van der Waals surface area (Å²) in [5.41, 5.74) is 1.42. The molecule has 254 valence electrons. The summed E-state index contributed by atoms with van der Waals surface area (Å²) < 4.78 is 153. The summed E-state index contributed by atoms with van der Waals surface area (Å²) in [6.45, 7) is 5.65. The van der Waals surface area contributed by atoms with E-state index in [1.807, 2.05) is 20.8 Å². The smallest absolute Gasteiger partial charge is 0.460 e. The Kier molecular flexibility index (Phi) is 8.67. The Morgan fingerprint density at radius 3 is 1.94 bits per heavy atom. The summed E-state index contributed by atoms with van der Waals surface area (Å²) in [7, 11) is -5.71. The number of ether oxygens (including phenoxy) is 1. The molecule has 0 bridgehead atoms. The second-order valence-electron chi connectivity index (χ2n) is 11.5. The predicted octanol–water partition coefficient (Wildman–Crippen LogP) is 7.77. The highest BCUT2D eigenvalue weighted by Crippen LogP contribution is 2.55. The van der Waals surface area contributed by atoms with Crippen molar-refractivity contribution in [3.8, 4) is 22.6 Å². The van der Waals surface area contributed by atoms with Gasteiger partial charge in [-0.3, -0.25) is 14.5 Å². The minimum atomic E-state index is -7.44. The average molecular weight is 698 g/mol. The zero-order valence-electron chi connectivity index (χ0n) is 24.7. The zero-order chi connectivity index (χ0) is 35.5. The van der Waals surface area contributed by atoms with Gasteiger partial charge in [-0.05, 0) is 58.2 Å². The van der Waals surface area contributed by atoms with Crippen LogP contribution in [0.5, 0.6) is 11.5 Å². The summed E-state index contributed by atoms with van der Waals surface area (Å²) in [6.07, 6.45) is -5.00. The highest BCUT2D eigenvalue weighted by molar-refractivity contribution is 7.88. The number of anilines is 1. The van der Waals surface area contributed by atoms with Crippen LogP contribution in [0.25, 0.3) is 21.9 Å². The van der Waals surface area contributed by atoms with Gasteiger partial charge in [0.25, 0.3) is 0 Å². The summed E-state index contributed by atoms with van der Waals surface area (Å²) >= 11 is 0. The zero-order valence-corrected chi connectivity index (χ0v) is 25.5. The molecule has 3 aromatic carbocycles. The highest BCUT2D eigenvalue weighted by atomic mass is 32.2. The summed E-state index contributed by atoms with van der Waals surface area (Å²) in [5.74, 6) is -16.4. The lowest BCUT2D eigenvalue weighted by Crippen LogP contribution is -2.63. The van der Waals surface area contributed by atoms with E-state index < -0.39 is 50.5 Å². The van der Waals surface area contributed by atoms with Crippen LogP contribution in [0.4, 0.5) is 45.2 Å². The largest absolute Gasteiger partial charge is 0.496 e. The van der Waals surface area contributed by atoms with Crippen molar-refractivity contribution in [2.24, 2.45) is 0 Å². The van der Waals surface area contributed by atoms with Crippen molar-refractivity contribution in [2.75, 3.05) is 12.0 Å². The number of fused-ring (bicyclic) bond motifs is 1. The maximum Gasteiger partial charge on any atom is 0.460 e. The number of nitrogens with zero attached hydrogens (tertiary/aromatic N) is 1. The molecule has 0 saturated heterocycles. The molecule has 1 aliphatic rings. The normalized spacial score (nSPS) is 15.4. The van der Waals surface area contributed by atoms with Crippen LogP contribution in [0.2, 0.25) is 0 Å². The summed E-state index contributed by atoms with van der Waals surface area (Å²) in [4.78, 5) is 25.7. The number of halogens is 9. The molecule has 0 fully saturated rings. The number of benzene rings is 3. The van der Waals surface area contributed by atoms with Crippen molar-refractivity contribution in [1.82, 2.24) is 0 Å². The van der Waals surface area contributed by atoms with Gasteiger partial charge in [0.1, 0.15) is 11.5 Å². The van der Waals surface area contributed by atoms with Gasteiger partial charge in [0.2, 0.25) is 5.91 Å². The van der Waals surface area contributed by atoms with Gasteiger partial charge in [-0.25, -0.2) is 0 Å². The van der Waals surface area contributed by atoms with E-state index in [0.29, 0.717) is 34.2 Å². The fraction of sp³-hybridized carbons (Fsp3) is 0.333. The van der Waals surface area contributed by atoms with Gasteiger partial charge in [-0.1, -0.05) is 39.0 Å².